The minimum atomic E-state index is -0.220. The number of hydrazone groups is 1. The number of nitrogens with zero attached hydrogens (tertiary/aromatic N) is 5. The van der Waals surface area contributed by atoms with Crippen molar-refractivity contribution in [3.63, 3.8) is 0 Å². The normalized spacial score (nSPS) is 11.3. The van der Waals surface area contributed by atoms with Crippen molar-refractivity contribution in [1.29, 1.82) is 0 Å². The van der Waals surface area contributed by atoms with E-state index in [2.05, 4.69) is 25.7 Å². The molecule has 2 aromatic heterocycles. The second-order valence-corrected chi connectivity index (χ2v) is 7.54. The molecule has 2 heterocycles. The summed E-state index contributed by atoms with van der Waals surface area (Å²) >= 11 is 1.31. The van der Waals surface area contributed by atoms with E-state index in [1.807, 2.05) is 84.3 Å². The molecule has 8 heteroatoms. The van der Waals surface area contributed by atoms with Crippen LogP contribution in [0.1, 0.15) is 12.5 Å². The van der Waals surface area contributed by atoms with E-state index in [9.17, 15) is 4.79 Å². The molecule has 0 aliphatic heterocycles. The Morgan fingerprint density at radius 3 is 2.35 bits per heavy atom. The highest BCUT2D eigenvalue weighted by Gasteiger charge is 2.17. The molecule has 0 saturated heterocycles. The van der Waals surface area contributed by atoms with Crippen LogP contribution < -0.4 is 5.43 Å². The van der Waals surface area contributed by atoms with Crippen LogP contribution in [0.2, 0.25) is 0 Å². The van der Waals surface area contributed by atoms with Gasteiger partial charge in [-0.15, -0.1) is 10.2 Å². The minimum Gasteiger partial charge on any atom is -0.272 e. The zero-order valence-electron chi connectivity index (χ0n) is 16.8. The largest absolute Gasteiger partial charge is 0.272 e. The SMILES string of the molecule is CC(=NNC(=O)CSc1nnc(-c2ccccc2)n1-c1ccccc1)c1ccncc1. The van der Waals surface area contributed by atoms with Crippen LogP contribution in [-0.2, 0) is 4.79 Å². The Labute approximate surface area is 184 Å². The standard InChI is InChI=1S/C23H20N6OS/c1-17(18-12-14-24-15-13-18)25-26-21(30)16-31-23-28-27-22(19-8-4-2-5-9-19)29(23)20-10-6-3-7-11-20/h2-15H,16H2,1H3,(H,26,30). The van der Waals surface area contributed by atoms with Gasteiger partial charge >= 0.3 is 0 Å². The zero-order valence-corrected chi connectivity index (χ0v) is 17.7. The molecule has 0 aliphatic carbocycles. The van der Waals surface area contributed by atoms with Crippen LogP contribution in [0.5, 0.6) is 0 Å². The number of aromatic nitrogens is 4. The van der Waals surface area contributed by atoms with Crippen LogP contribution in [0.4, 0.5) is 0 Å². The smallest absolute Gasteiger partial charge is 0.250 e. The Balaban J connectivity index is 1.51. The topological polar surface area (TPSA) is 85.1 Å². The van der Waals surface area contributed by atoms with Gasteiger partial charge in [0.25, 0.3) is 5.91 Å². The fourth-order valence-electron chi connectivity index (χ4n) is 2.91. The van der Waals surface area contributed by atoms with E-state index >= 15 is 0 Å². The van der Waals surface area contributed by atoms with Gasteiger partial charge in [0.15, 0.2) is 11.0 Å². The fourth-order valence-corrected chi connectivity index (χ4v) is 3.66. The maximum absolute atomic E-state index is 12.4. The highest BCUT2D eigenvalue weighted by atomic mass is 32.2. The Morgan fingerprint density at radius 1 is 0.968 bits per heavy atom. The molecule has 7 nitrogen and oxygen atoms in total. The molecule has 4 rings (SSSR count). The molecule has 1 N–H and O–H groups in total. The first kappa shape index (κ1) is 20.5. The molecule has 0 fully saturated rings. The van der Waals surface area contributed by atoms with E-state index < -0.39 is 0 Å². The number of hydrogen-bond donors (Lipinski definition) is 1. The van der Waals surface area contributed by atoms with Gasteiger partial charge in [-0.1, -0.05) is 60.3 Å². The molecule has 0 radical (unpaired) electrons. The van der Waals surface area contributed by atoms with Crippen molar-refractivity contribution in [1.82, 2.24) is 25.2 Å². The summed E-state index contributed by atoms with van der Waals surface area (Å²) in [5.41, 5.74) is 6.09. The molecule has 2 aromatic carbocycles. The van der Waals surface area contributed by atoms with Gasteiger partial charge < -0.3 is 0 Å². The summed E-state index contributed by atoms with van der Waals surface area (Å²) in [6.45, 7) is 1.83. The number of amides is 1. The van der Waals surface area contributed by atoms with Crippen molar-refractivity contribution in [2.75, 3.05) is 5.75 Å². The first-order chi connectivity index (χ1) is 15.2. The van der Waals surface area contributed by atoms with Crippen LogP contribution in [-0.4, -0.2) is 37.1 Å². The predicted molar refractivity (Wildman–Crippen MR) is 122 cm³/mol. The highest BCUT2D eigenvalue weighted by Crippen LogP contribution is 2.27. The third-order valence-corrected chi connectivity index (χ3v) is 5.39. The van der Waals surface area contributed by atoms with Crippen molar-refractivity contribution in [3.8, 4) is 17.1 Å². The molecule has 0 aliphatic rings. The third kappa shape index (κ3) is 5.04. The maximum Gasteiger partial charge on any atom is 0.250 e. The fraction of sp³-hybridized carbons (Fsp3) is 0.0870. The van der Waals surface area contributed by atoms with Crippen molar-refractivity contribution in [3.05, 3.63) is 90.8 Å². The van der Waals surface area contributed by atoms with Gasteiger partial charge in [0.2, 0.25) is 0 Å². The molecule has 0 atom stereocenters. The van der Waals surface area contributed by atoms with E-state index in [-0.39, 0.29) is 11.7 Å². The Bertz CT molecular complexity index is 1180. The third-order valence-electron chi connectivity index (χ3n) is 4.46. The first-order valence-corrected chi connectivity index (χ1v) is 10.6. The van der Waals surface area contributed by atoms with Gasteiger partial charge in [-0.25, -0.2) is 5.43 Å². The maximum atomic E-state index is 12.4. The number of nitrogens with one attached hydrogen (secondary N) is 1. The summed E-state index contributed by atoms with van der Waals surface area (Å²) in [7, 11) is 0. The molecule has 1 amide bonds. The monoisotopic (exact) mass is 428 g/mol. The van der Waals surface area contributed by atoms with Crippen molar-refractivity contribution in [2.24, 2.45) is 5.10 Å². The summed E-state index contributed by atoms with van der Waals surface area (Å²) in [6.07, 6.45) is 3.37. The summed E-state index contributed by atoms with van der Waals surface area (Å²) < 4.78 is 1.96. The average molecular weight is 429 g/mol. The molecule has 4 aromatic rings. The minimum absolute atomic E-state index is 0.160. The lowest BCUT2D eigenvalue weighted by atomic mass is 10.2. The highest BCUT2D eigenvalue weighted by molar-refractivity contribution is 7.99. The van der Waals surface area contributed by atoms with E-state index in [0.29, 0.717) is 10.9 Å². The van der Waals surface area contributed by atoms with Crippen molar-refractivity contribution >= 4 is 23.4 Å². The molecule has 154 valence electrons. The van der Waals surface area contributed by atoms with Crippen LogP contribution in [0, 0.1) is 0 Å². The van der Waals surface area contributed by atoms with Gasteiger partial charge in [0.05, 0.1) is 11.5 Å². The molecule has 0 unspecified atom stereocenters. The molecular formula is C23H20N6OS. The molecule has 0 saturated carbocycles. The average Bonchev–Trinajstić information content (AvgIpc) is 3.27. The van der Waals surface area contributed by atoms with Gasteiger partial charge in [-0.3, -0.25) is 14.3 Å². The predicted octanol–water partition coefficient (Wildman–Crippen LogP) is 3.96. The number of pyridine rings is 1. The lowest BCUT2D eigenvalue weighted by Crippen LogP contribution is -2.21. The van der Waals surface area contributed by atoms with Crippen LogP contribution >= 0.6 is 11.8 Å². The Morgan fingerprint density at radius 2 is 1.65 bits per heavy atom. The zero-order chi connectivity index (χ0) is 21.5. The number of carbonyl (C=O) groups excluding carboxylic acids is 1. The van der Waals surface area contributed by atoms with Crippen molar-refractivity contribution < 1.29 is 4.79 Å². The summed E-state index contributed by atoms with van der Waals surface area (Å²) in [4.78, 5) is 16.4. The van der Waals surface area contributed by atoms with Gasteiger partial charge in [0, 0.05) is 29.2 Å². The second-order valence-electron chi connectivity index (χ2n) is 6.60. The van der Waals surface area contributed by atoms with Gasteiger partial charge in [0.1, 0.15) is 0 Å². The van der Waals surface area contributed by atoms with Gasteiger partial charge in [-0.2, -0.15) is 5.10 Å². The lowest BCUT2D eigenvalue weighted by Gasteiger charge is -2.10. The molecule has 31 heavy (non-hydrogen) atoms. The summed E-state index contributed by atoms with van der Waals surface area (Å²) in [5.74, 6) is 0.663. The second kappa shape index (κ2) is 9.82. The van der Waals surface area contributed by atoms with E-state index in [1.54, 1.807) is 12.4 Å². The quantitative estimate of drug-likeness (QED) is 0.274. The number of hydrogen-bond acceptors (Lipinski definition) is 6. The number of thioether (sulfide) groups is 1. The van der Waals surface area contributed by atoms with Crippen LogP contribution in [0.15, 0.2) is 95.4 Å². The van der Waals surface area contributed by atoms with Crippen molar-refractivity contribution in [2.45, 2.75) is 12.1 Å². The first-order valence-electron chi connectivity index (χ1n) is 9.65. The number of para-hydroxylation sites is 1. The lowest BCUT2D eigenvalue weighted by molar-refractivity contribution is -0.118. The summed E-state index contributed by atoms with van der Waals surface area (Å²) in [6, 6.07) is 23.4. The Hall–Kier alpha value is -3.78. The number of carbonyl (C=O) groups is 1. The van der Waals surface area contributed by atoms with Crippen LogP contribution in [0.25, 0.3) is 17.1 Å². The Kier molecular flexibility index (Phi) is 6.49. The van der Waals surface area contributed by atoms with E-state index in [1.165, 1.54) is 11.8 Å². The number of rotatable bonds is 7. The summed E-state index contributed by atoms with van der Waals surface area (Å²) in [5, 5.41) is 13.5. The molecular weight excluding hydrogens is 408 g/mol. The van der Waals surface area contributed by atoms with E-state index in [4.69, 9.17) is 0 Å². The molecule has 0 bridgehead atoms. The molecule has 0 spiro atoms. The number of benzene rings is 2. The van der Waals surface area contributed by atoms with Crippen LogP contribution in [0.3, 0.4) is 0 Å². The van der Waals surface area contributed by atoms with Gasteiger partial charge in [-0.05, 0) is 31.2 Å². The van der Waals surface area contributed by atoms with E-state index in [0.717, 1.165) is 22.6 Å².